The van der Waals surface area contributed by atoms with E-state index in [9.17, 15) is 0 Å². The zero-order chi connectivity index (χ0) is 11.2. The van der Waals surface area contributed by atoms with Crippen molar-refractivity contribution in [3.8, 4) is 0 Å². The van der Waals surface area contributed by atoms with Gasteiger partial charge in [0.05, 0.1) is 0 Å². The highest BCUT2D eigenvalue weighted by Crippen LogP contribution is 2.26. The Kier molecular flexibility index (Phi) is 2.38. The molecule has 0 spiro atoms. The summed E-state index contributed by atoms with van der Waals surface area (Å²) in [6.45, 7) is 7.96. The van der Waals surface area contributed by atoms with Crippen molar-refractivity contribution in [2.24, 2.45) is 0 Å². The fourth-order valence-corrected chi connectivity index (χ4v) is 2.21. The fourth-order valence-electron chi connectivity index (χ4n) is 1.74. The molecule has 80 valence electrons. The van der Waals surface area contributed by atoms with Crippen molar-refractivity contribution in [2.75, 3.05) is 0 Å². The van der Waals surface area contributed by atoms with Crippen LogP contribution in [0, 0.1) is 13.8 Å². The third kappa shape index (κ3) is 1.59. The van der Waals surface area contributed by atoms with Crippen LogP contribution in [0.2, 0.25) is 5.15 Å². The van der Waals surface area contributed by atoms with Crippen molar-refractivity contribution in [2.45, 2.75) is 33.6 Å². The monoisotopic (exact) mass is 224 g/mol. The van der Waals surface area contributed by atoms with Crippen molar-refractivity contribution in [1.29, 1.82) is 0 Å². The van der Waals surface area contributed by atoms with E-state index in [1.54, 1.807) is 4.52 Å². The lowest BCUT2D eigenvalue weighted by atomic mass is 10.0. The standard InChI is InChI=1S/C10H13ClN4/c1-5(2)8-6(3)12-10-13-7(4)14-15(10)9(8)11/h5H,1-4H3. The van der Waals surface area contributed by atoms with E-state index in [1.807, 2.05) is 13.8 Å². The molecule has 5 heteroatoms. The van der Waals surface area contributed by atoms with E-state index < -0.39 is 0 Å². The van der Waals surface area contributed by atoms with Crippen LogP contribution in [0.25, 0.3) is 5.78 Å². The van der Waals surface area contributed by atoms with Crippen molar-refractivity contribution < 1.29 is 0 Å². The molecule has 0 aromatic carbocycles. The maximum Gasteiger partial charge on any atom is 0.254 e. The Hall–Kier alpha value is -1.16. The quantitative estimate of drug-likeness (QED) is 0.699. The van der Waals surface area contributed by atoms with E-state index in [2.05, 4.69) is 28.9 Å². The number of hydrogen-bond acceptors (Lipinski definition) is 3. The first kappa shape index (κ1) is 10.4. The van der Waals surface area contributed by atoms with Gasteiger partial charge < -0.3 is 0 Å². The predicted octanol–water partition coefficient (Wildman–Crippen LogP) is 2.52. The molecule has 0 aliphatic heterocycles. The van der Waals surface area contributed by atoms with Crippen LogP contribution in [0.3, 0.4) is 0 Å². The van der Waals surface area contributed by atoms with E-state index in [4.69, 9.17) is 11.6 Å². The molecule has 0 saturated carbocycles. The van der Waals surface area contributed by atoms with Gasteiger partial charge in [-0.25, -0.2) is 4.98 Å². The molecule has 15 heavy (non-hydrogen) atoms. The van der Waals surface area contributed by atoms with Gasteiger partial charge in [-0.3, -0.25) is 0 Å². The maximum atomic E-state index is 6.28. The molecule has 0 aliphatic rings. The van der Waals surface area contributed by atoms with Gasteiger partial charge >= 0.3 is 0 Å². The van der Waals surface area contributed by atoms with Gasteiger partial charge in [0.2, 0.25) is 0 Å². The molecule has 2 heterocycles. The van der Waals surface area contributed by atoms with Crippen molar-refractivity contribution >= 4 is 17.4 Å². The van der Waals surface area contributed by atoms with E-state index in [-0.39, 0.29) is 0 Å². The summed E-state index contributed by atoms with van der Waals surface area (Å²) in [7, 11) is 0. The minimum Gasteiger partial charge on any atom is -0.216 e. The molecule has 4 nitrogen and oxygen atoms in total. The summed E-state index contributed by atoms with van der Waals surface area (Å²) in [5.41, 5.74) is 1.96. The van der Waals surface area contributed by atoms with Crippen LogP contribution in [0.15, 0.2) is 0 Å². The lowest BCUT2D eigenvalue weighted by molar-refractivity contribution is 0.803. The Morgan fingerprint density at radius 1 is 1.20 bits per heavy atom. The van der Waals surface area contributed by atoms with Crippen LogP contribution >= 0.6 is 11.6 Å². The largest absolute Gasteiger partial charge is 0.254 e. The van der Waals surface area contributed by atoms with Gasteiger partial charge in [0.25, 0.3) is 5.78 Å². The van der Waals surface area contributed by atoms with Gasteiger partial charge in [-0.05, 0) is 19.8 Å². The number of rotatable bonds is 1. The van der Waals surface area contributed by atoms with Gasteiger partial charge in [-0.1, -0.05) is 25.4 Å². The average Bonchev–Trinajstić information content (AvgIpc) is 2.45. The Morgan fingerprint density at radius 3 is 2.47 bits per heavy atom. The van der Waals surface area contributed by atoms with Crippen LogP contribution in [0.1, 0.15) is 36.8 Å². The number of fused-ring (bicyclic) bond motifs is 1. The number of halogens is 1. The fraction of sp³-hybridized carbons (Fsp3) is 0.500. The summed E-state index contributed by atoms with van der Waals surface area (Å²) in [4.78, 5) is 8.57. The number of aromatic nitrogens is 4. The molecule has 0 N–H and O–H groups in total. The summed E-state index contributed by atoms with van der Waals surface area (Å²) in [6, 6.07) is 0. The zero-order valence-corrected chi connectivity index (χ0v) is 10.0. The lowest BCUT2D eigenvalue weighted by Gasteiger charge is -2.11. The molecule has 2 rings (SSSR count). The topological polar surface area (TPSA) is 43.1 Å². The second kappa shape index (κ2) is 3.45. The SMILES string of the molecule is Cc1nc2nc(C)c(C(C)C)c(Cl)n2n1. The molecule has 0 aliphatic carbocycles. The molecule has 0 atom stereocenters. The smallest absolute Gasteiger partial charge is 0.216 e. The van der Waals surface area contributed by atoms with Crippen LogP contribution in [-0.2, 0) is 0 Å². The highest BCUT2D eigenvalue weighted by molar-refractivity contribution is 6.30. The highest BCUT2D eigenvalue weighted by Gasteiger charge is 2.15. The summed E-state index contributed by atoms with van der Waals surface area (Å²) in [5, 5.41) is 4.83. The number of hydrogen-bond donors (Lipinski definition) is 0. The number of aryl methyl sites for hydroxylation is 2. The second-order valence-corrected chi connectivity index (χ2v) is 4.29. The second-order valence-electron chi connectivity index (χ2n) is 3.93. The summed E-state index contributed by atoms with van der Waals surface area (Å²) >= 11 is 6.28. The highest BCUT2D eigenvalue weighted by atomic mass is 35.5. The predicted molar refractivity (Wildman–Crippen MR) is 59.4 cm³/mol. The third-order valence-corrected chi connectivity index (χ3v) is 2.70. The molecular weight excluding hydrogens is 212 g/mol. The van der Waals surface area contributed by atoms with Crippen molar-refractivity contribution in [1.82, 2.24) is 19.6 Å². The minimum absolute atomic E-state index is 0.332. The normalized spacial score (nSPS) is 11.6. The van der Waals surface area contributed by atoms with Crippen LogP contribution in [0.5, 0.6) is 0 Å². The Labute approximate surface area is 93.3 Å². The van der Waals surface area contributed by atoms with E-state index >= 15 is 0 Å². The van der Waals surface area contributed by atoms with Gasteiger partial charge in [-0.15, -0.1) is 5.10 Å². The van der Waals surface area contributed by atoms with Gasteiger partial charge in [-0.2, -0.15) is 9.50 Å². The van der Waals surface area contributed by atoms with Gasteiger partial charge in [0, 0.05) is 11.3 Å². The Morgan fingerprint density at radius 2 is 1.87 bits per heavy atom. The number of nitrogens with zero attached hydrogens (tertiary/aromatic N) is 4. The summed E-state index contributed by atoms with van der Waals surface area (Å²) in [6.07, 6.45) is 0. The molecule has 0 radical (unpaired) electrons. The third-order valence-electron chi connectivity index (χ3n) is 2.34. The summed E-state index contributed by atoms with van der Waals surface area (Å²) in [5.74, 6) is 1.59. The Bertz CT molecular complexity index is 516. The zero-order valence-electron chi connectivity index (χ0n) is 9.24. The minimum atomic E-state index is 0.332. The van der Waals surface area contributed by atoms with Crippen LogP contribution in [0.4, 0.5) is 0 Å². The molecule has 0 saturated heterocycles. The Balaban J connectivity index is 2.83. The molecule has 0 bridgehead atoms. The average molecular weight is 225 g/mol. The molecule has 2 aromatic heterocycles. The molecule has 0 unspecified atom stereocenters. The summed E-state index contributed by atoms with van der Waals surface area (Å²) < 4.78 is 1.60. The first-order valence-corrected chi connectivity index (χ1v) is 5.28. The molecule has 0 amide bonds. The van der Waals surface area contributed by atoms with Gasteiger partial charge in [0.15, 0.2) is 0 Å². The molecule has 0 fully saturated rings. The van der Waals surface area contributed by atoms with E-state index in [0.717, 1.165) is 11.3 Å². The van der Waals surface area contributed by atoms with Crippen LogP contribution < -0.4 is 0 Å². The molecular formula is C10H13ClN4. The molecule has 2 aromatic rings. The van der Waals surface area contributed by atoms with Crippen molar-refractivity contribution in [3.63, 3.8) is 0 Å². The van der Waals surface area contributed by atoms with E-state index in [1.165, 1.54) is 0 Å². The first-order chi connectivity index (χ1) is 7.00. The lowest BCUT2D eigenvalue weighted by Crippen LogP contribution is -2.04. The first-order valence-electron chi connectivity index (χ1n) is 4.90. The van der Waals surface area contributed by atoms with E-state index in [0.29, 0.717) is 22.7 Å². The van der Waals surface area contributed by atoms with Gasteiger partial charge in [0.1, 0.15) is 11.0 Å². The maximum absolute atomic E-state index is 6.28. The van der Waals surface area contributed by atoms with Crippen molar-refractivity contribution in [3.05, 3.63) is 22.2 Å². The van der Waals surface area contributed by atoms with Crippen LogP contribution in [-0.4, -0.2) is 19.6 Å².